The van der Waals surface area contributed by atoms with Crippen LogP contribution in [0.5, 0.6) is 0 Å². The monoisotopic (exact) mass is 278 g/mol. The molecule has 5 nitrogen and oxygen atoms in total. The van der Waals surface area contributed by atoms with Gasteiger partial charge in [0.1, 0.15) is 0 Å². The van der Waals surface area contributed by atoms with Crippen molar-refractivity contribution in [2.45, 2.75) is 19.4 Å². The molecule has 1 fully saturated rings. The molecule has 19 heavy (non-hydrogen) atoms. The summed E-state index contributed by atoms with van der Waals surface area (Å²) in [6.45, 7) is 3.66. The van der Waals surface area contributed by atoms with E-state index in [-0.39, 0.29) is 0 Å². The summed E-state index contributed by atoms with van der Waals surface area (Å²) in [6, 6.07) is 3.98. The lowest BCUT2D eigenvalue weighted by molar-refractivity contribution is 0.166. The first-order valence-electron chi connectivity index (χ1n) is 6.64. The Bertz CT molecular complexity index is 510. The van der Waals surface area contributed by atoms with E-state index in [0.29, 0.717) is 11.8 Å². The molecule has 1 aliphatic rings. The number of nitrogens with two attached hydrogens (primary N) is 1. The molecule has 0 amide bonds. The molecule has 6 heteroatoms. The van der Waals surface area contributed by atoms with Gasteiger partial charge in [-0.1, -0.05) is 11.2 Å². The van der Waals surface area contributed by atoms with Crippen molar-refractivity contribution in [1.29, 1.82) is 0 Å². The van der Waals surface area contributed by atoms with E-state index < -0.39 is 0 Å². The fourth-order valence-electron chi connectivity index (χ4n) is 2.51. The molecular weight excluding hydrogens is 260 g/mol. The molecule has 0 bridgehead atoms. The minimum Gasteiger partial charge on any atom is -0.333 e. The third-order valence-corrected chi connectivity index (χ3v) is 4.36. The Labute approximate surface area is 116 Å². The van der Waals surface area contributed by atoms with Gasteiger partial charge in [-0.15, -0.1) is 11.3 Å². The van der Waals surface area contributed by atoms with Gasteiger partial charge in [0.15, 0.2) is 5.82 Å². The summed E-state index contributed by atoms with van der Waals surface area (Å²) in [4.78, 5) is 7.85. The van der Waals surface area contributed by atoms with Gasteiger partial charge in [0.05, 0.1) is 11.4 Å². The zero-order valence-electron chi connectivity index (χ0n) is 10.8. The van der Waals surface area contributed by atoms with Crippen molar-refractivity contribution in [1.82, 2.24) is 15.0 Å². The largest absolute Gasteiger partial charge is 0.333 e. The second kappa shape index (κ2) is 5.81. The summed E-state index contributed by atoms with van der Waals surface area (Å²) >= 11 is 1.61. The molecular formula is C13H18N4OS. The predicted octanol–water partition coefficient (Wildman–Crippen LogP) is 1.97. The molecule has 3 heterocycles. The number of nitrogens with zero attached hydrogens (tertiary/aromatic N) is 3. The van der Waals surface area contributed by atoms with Gasteiger partial charge < -0.3 is 10.3 Å². The highest BCUT2D eigenvalue weighted by molar-refractivity contribution is 7.13. The van der Waals surface area contributed by atoms with Crippen molar-refractivity contribution in [2.75, 3.05) is 19.6 Å². The van der Waals surface area contributed by atoms with Crippen molar-refractivity contribution in [3.63, 3.8) is 0 Å². The molecule has 2 aromatic rings. The quantitative estimate of drug-likeness (QED) is 0.926. The van der Waals surface area contributed by atoms with E-state index in [4.69, 9.17) is 10.3 Å². The summed E-state index contributed by atoms with van der Waals surface area (Å²) in [6.07, 6.45) is 2.44. The number of likely N-dealkylation sites (tertiary alicyclic amines) is 1. The Morgan fingerprint density at radius 3 is 3.26 bits per heavy atom. The predicted molar refractivity (Wildman–Crippen MR) is 74.7 cm³/mol. The van der Waals surface area contributed by atoms with Crippen molar-refractivity contribution >= 4 is 11.3 Å². The minimum absolute atomic E-state index is 0.609. The molecule has 0 saturated carbocycles. The molecule has 2 N–H and O–H groups in total. The van der Waals surface area contributed by atoms with Gasteiger partial charge in [0.2, 0.25) is 0 Å². The third kappa shape index (κ3) is 3.02. The van der Waals surface area contributed by atoms with Crippen LogP contribution in [0.25, 0.3) is 10.8 Å². The second-order valence-corrected chi connectivity index (χ2v) is 5.92. The first kappa shape index (κ1) is 12.8. The van der Waals surface area contributed by atoms with Crippen LogP contribution in [0, 0.1) is 5.92 Å². The lowest BCUT2D eigenvalue weighted by atomic mass is 9.98. The van der Waals surface area contributed by atoms with Crippen LogP contribution in [0.15, 0.2) is 22.0 Å². The first-order chi connectivity index (χ1) is 9.35. The van der Waals surface area contributed by atoms with Crippen molar-refractivity contribution in [3.8, 4) is 10.8 Å². The van der Waals surface area contributed by atoms with Crippen molar-refractivity contribution in [2.24, 2.45) is 11.7 Å². The van der Waals surface area contributed by atoms with Gasteiger partial charge in [-0.3, -0.25) is 4.90 Å². The number of hydrogen-bond acceptors (Lipinski definition) is 6. The summed E-state index contributed by atoms with van der Waals surface area (Å²) in [5, 5.41) is 6.07. The zero-order valence-corrected chi connectivity index (χ0v) is 11.6. The Hall–Kier alpha value is -1.24. The normalized spacial score (nSPS) is 20.8. The molecule has 1 atom stereocenters. The van der Waals surface area contributed by atoms with Gasteiger partial charge in [-0.25, -0.2) is 0 Å². The van der Waals surface area contributed by atoms with Crippen LogP contribution in [-0.2, 0) is 6.54 Å². The molecule has 0 radical (unpaired) electrons. The maximum absolute atomic E-state index is 5.75. The van der Waals surface area contributed by atoms with E-state index in [1.165, 1.54) is 12.8 Å². The molecule has 1 saturated heterocycles. The average Bonchev–Trinajstić information content (AvgIpc) is 3.09. The molecule has 0 aromatic carbocycles. The van der Waals surface area contributed by atoms with Gasteiger partial charge in [0, 0.05) is 6.54 Å². The van der Waals surface area contributed by atoms with E-state index >= 15 is 0 Å². The Morgan fingerprint density at radius 2 is 2.47 bits per heavy atom. The van der Waals surface area contributed by atoms with Crippen LogP contribution in [0.4, 0.5) is 0 Å². The molecule has 2 aromatic heterocycles. The van der Waals surface area contributed by atoms with Crippen LogP contribution in [0.3, 0.4) is 0 Å². The van der Waals surface area contributed by atoms with Gasteiger partial charge in [-0.05, 0) is 43.3 Å². The topological polar surface area (TPSA) is 68.2 Å². The van der Waals surface area contributed by atoms with E-state index in [1.807, 2.05) is 17.5 Å². The highest BCUT2D eigenvalue weighted by Crippen LogP contribution is 2.23. The van der Waals surface area contributed by atoms with E-state index in [1.54, 1.807) is 11.3 Å². The summed E-state index contributed by atoms with van der Waals surface area (Å²) in [5.41, 5.74) is 5.75. The van der Waals surface area contributed by atoms with E-state index in [0.717, 1.165) is 36.9 Å². The van der Waals surface area contributed by atoms with Crippen LogP contribution in [0.1, 0.15) is 18.7 Å². The molecule has 0 spiro atoms. The second-order valence-electron chi connectivity index (χ2n) is 4.97. The Morgan fingerprint density at radius 1 is 1.53 bits per heavy atom. The zero-order chi connectivity index (χ0) is 13.1. The fourth-order valence-corrected chi connectivity index (χ4v) is 3.15. The van der Waals surface area contributed by atoms with Gasteiger partial charge >= 0.3 is 0 Å². The molecule has 3 rings (SSSR count). The fraction of sp³-hybridized carbons (Fsp3) is 0.538. The standard InChI is InChI=1S/C13H18N4OS/c14-7-10-3-1-5-17(8-10)9-12-15-13(18-16-12)11-4-2-6-19-11/h2,4,6,10H,1,3,5,7-9,14H2. The summed E-state index contributed by atoms with van der Waals surface area (Å²) < 4.78 is 5.30. The van der Waals surface area contributed by atoms with Gasteiger partial charge in [-0.2, -0.15) is 4.98 Å². The molecule has 1 unspecified atom stereocenters. The van der Waals surface area contributed by atoms with Crippen LogP contribution < -0.4 is 5.73 Å². The average molecular weight is 278 g/mol. The van der Waals surface area contributed by atoms with Crippen molar-refractivity contribution in [3.05, 3.63) is 23.3 Å². The van der Waals surface area contributed by atoms with E-state index in [2.05, 4.69) is 15.0 Å². The Balaban J connectivity index is 1.64. The number of hydrogen-bond donors (Lipinski definition) is 1. The highest BCUT2D eigenvalue weighted by atomic mass is 32.1. The van der Waals surface area contributed by atoms with Crippen LogP contribution in [-0.4, -0.2) is 34.7 Å². The third-order valence-electron chi connectivity index (χ3n) is 3.50. The van der Waals surface area contributed by atoms with E-state index in [9.17, 15) is 0 Å². The maximum atomic E-state index is 5.75. The SMILES string of the molecule is NCC1CCCN(Cc2noc(-c3cccs3)n2)C1. The number of rotatable bonds is 4. The Kier molecular flexibility index (Phi) is 3.91. The molecule has 1 aliphatic heterocycles. The smallest absolute Gasteiger partial charge is 0.268 e. The summed E-state index contributed by atoms with van der Waals surface area (Å²) in [7, 11) is 0. The molecule has 102 valence electrons. The minimum atomic E-state index is 0.609. The lowest BCUT2D eigenvalue weighted by Gasteiger charge is -2.30. The molecule has 0 aliphatic carbocycles. The maximum Gasteiger partial charge on any atom is 0.268 e. The number of thiophene rings is 1. The van der Waals surface area contributed by atoms with Crippen LogP contribution >= 0.6 is 11.3 Å². The number of aromatic nitrogens is 2. The lowest BCUT2D eigenvalue weighted by Crippen LogP contribution is -2.38. The highest BCUT2D eigenvalue weighted by Gasteiger charge is 2.20. The number of piperidine rings is 1. The van der Waals surface area contributed by atoms with Crippen molar-refractivity contribution < 1.29 is 4.52 Å². The van der Waals surface area contributed by atoms with Crippen LogP contribution in [0.2, 0.25) is 0 Å². The van der Waals surface area contributed by atoms with Gasteiger partial charge in [0.25, 0.3) is 5.89 Å². The summed E-state index contributed by atoms with van der Waals surface area (Å²) in [5.74, 6) is 2.00. The first-order valence-corrected chi connectivity index (χ1v) is 7.52.